The molecule has 1 aliphatic carbocycles. The van der Waals surface area contributed by atoms with Crippen LogP contribution in [0.4, 0.5) is 0 Å². The van der Waals surface area contributed by atoms with Gasteiger partial charge in [-0.2, -0.15) is 0 Å². The Labute approximate surface area is 116 Å². The third kappa shape index (κ3) is 3.83. The summed E-state index contributed by atoms with van der Waals surface area (Å²) < 4.78 is 0. The van der Waals surface area contributed by atoms with Crippen molar-refractivity contribution in [2.24, 2.45) is 5.92 Å². The molecular formula is C16H27NS. The zero-order valence-electron chi connectivity index (χ0n) is 11.8. The molecular weight excluding hydrogens is 238 g/mol. The van der Waals surface area contributed by atoms with Crippen LogP contribution in [0.15, 0.2) is 17.5 Å². The molecule has 0 saturated heterocycles. The second-order valence-electron chi connectivity index (χ2n) is 5.75. The van der Waals surface area contributed by atoms with Gasteiger partial charge in [0.2, 0.25) is 0 Å². The van der Waals surface area contributed by atoms with E-state index in [9.17, 15) is 0 Å². The topological polar surface area (TPSA) is 12.0 Å². The maximum atomic E-state index is 3.91. The largest absolute Gasteiger partial charge is 0.306 e. The van der Waals surface area contributed by atoms with Gasteiger partial charge >= 0.3 is 0 Å². The molecule has 1 saturated carbocycles. The average Bonchev–Trinajstić information content (AvgIpc) is 3.05. The maximum absolute atomic E-state index is 3.91. The minimum Gasteiger partial charge on any atom is -0.306 e. The van der Waals surface area contributed by atoms with E-state index in [4.69, 9.17) is 0 Å². The zero-order chi connectivity index (χ0) is 12.8. The first-order chi connectivity index (χ1) is 8.81. The SMILES string of the molecule is CCCCC(C)NC(c1cccs1)C1CCCC1. The molecule has 2 atom stereocenters. The maximum Gasteiger partial charge on any atom is 0.0445 e. The van der Waals surface area contributed by atoms with Crippen LogP contribution in [0.3, 0.4) is 0 Å². The summed E-state index contributed by atoms with van der Waals surface area (Å²) in [7, 11) is 0. The summed E-state index contributed by atoms with van der Waals surface area (Å²) in [6.45, 7) is 4.63. The van der Waals surface area contributed by atoms with Gasteiger partial charge in [0, 0.05) is 17.0 Å². The first-order valence-electron chi connectivity index (χ1n) is 7.60. The smallest absolute Gasteiger partial charge is 0.0445 e. The predicted octanol–water partition coefficient (Wildman–Crippen LogP) is 5.15. The summed E-state index contributed by atoms with van der Waals surface area (Å²) in [5.41, 5.74) is 0. The van der Waals surface area contributed by atoms with E-state index in [-0.39, 0.29) is 0 Å². The van der Waals surface area contributed by atoms with Gasteiger partial charge in [0.25, 0.3) is 0 Å². The van der Waals surface area contributed by atoms with Crippen LogP contribution in [0, 0.1) is 5.92 Å². The van der Waals surface area contributed by atoms with Crippen LogP contribution in [0.5, 0.6) is 0 Å². The van der Waals surface area contributed by atoms with Crippen LogP contribution in [-0.2, 0) is 0 Å². The molecule has 0 radical (unpaired) electrons. The van der Waals surface area contributed by atoms with E-state index in [1.807, 2.05) is 11.3 Å². The monoisotopic (exact) mass is 265 g/mol. The van der Waals surface area contributed by atoms with Crippen molar-refractivity contribution in [3.63, 3.8) is 0 Å². The molecule has 0 bridgehead atoms. The van der Waals surface area contributed by atoms with Crippen molar-refractivity contribution in [1.29, 1.82) is 0 Å². The highest BCUT2D eigenvalue weighted by Crippen LogP contribution is 2.37. The third-order valence-electron chi connectivity index (χ3n) is 4.18. The van der Waals surface area contributed by atoms with Crippen molar-refractivity contribution in [3.05, 3.63) is 22.4 Å². The number of thiophene rings is 1. The fraction of sp³-hybridized carbons (Fsp3) is 0.750. The van der Waals surface area contributed by atoms with Gasteiger partial charge in [-0.25, -0.2) is 0 Å². The highest BCUT2D eigenvalue weighted by molar-refractivity contribution is 7.10. The van der Waals surface area contributed by atoms with Crippen molar-refractivity contribution in [2.75, 3.05) is 0 Å². The van der Waals surface area contributed by atoms with E-state index in [1.165, 1.54) is 44.9 Å². The van der Waals surface area contributed by atoms with E-state index in [0.717, 1.165) is 5.92 Å². The van der Waals surface area contributed by atoms with Gasteiger partial charge in [-0.3, -0.25) is 0 Å². The van der Waals surface area contributed by atoms with Crippen LogP contribution in [0.2, 0.25) is 0 Å². The molecule has 0 aromatic carbocycles. The molecule has 102 valence electrons. The van der Waals surface area contributed by atoms with Gasteiger partial charge in [-0.05, 0) is 43.6 Å². The Morgan fingerprint density at radius 2 is 2.17 bits per heavy atom. The molecule has 0 aliphatic heterocycles. The Kier molecular flexibility index (Phi) is 5.71. The minimum atomic E-state index is 0.611. The van der Waals surface area contributed by atoms with Gasteiger partial charge in [-0.1, -0.05) is 38.7 Å². The van der Waals surface area contributed by atoms with E-state index >= 15 is 0 Å². The molecule has 1 aromatic heterocycles. The molecule has 2 unspecified atom stereocenters. The fourth-order valence-corrected chi connectivity index (χ4v) is 3.99. The molecule has 18 heavy (non-hydrogen) atoms. The van der Waals surface area contributed by atoms with Gasteiger partial charge < -0.3 is 5.32 Å². The predicted molar refractivity (Wildman–Crippen MR) is 81.1 cm³/mol. The summed E-state index contributed by atoms with van der Waals surface area (Å²) in [5.74, 6) is 0.868. The second kappa shape index (κ2) is 7.30. The summed E-state index contributed by atoms with van der Waals surface area (Å²) in [4.78, 5) is 1.55. The first kappa shape index (κ1) is 14.1. The molecule has 1 heterocycles. The number of unbranched alkanes of at least 4 members (excludes halogenated alkanes) is 1. The zero-order valence-corrected chi connectivity index (χ0v) is 12.6. The molecule has 2 heteroatoms. The van der Waals surface area contributed by atoms with Gasteiger partial charge in [0.1, 0.15) is 0 Å². The van der Waals surface area contributed by atoms with E-state index in [0.29, 0.717) is 12.1 Å². The molecule has 1 aliphatic rings. The van der Waals surface area contributed by atoms with Gasteiger partial charge in [-0.15, -0.1) is 11.3 Å². The number of nitrogens with one attached hydrogen (secondary N) is 1. The average molecular weight is 265 g/mol. The lowest BCUT2D eigenvalue weighted by Gasteiger charge is -2.27. The third-order valence-corrected chi connectivity index (χ3v) is 5.13. The molecule has 1 fully saturated rings. The van der Waals surface area contributed by atoms with Gasteiger partial charge in [0.15, 0.2) is 0 Å². The van der Waals surface area contributed by atoms with Crippen molar-refractivity contribution in [3.8, 4) is 0 Å². The quantitative estimate of drug-likeness (QED) is 0.719. The Balaban J connectivity index is 1.96. The van der Waals surface area contributed by atoms with Crippen LogP contribution >= 0.6 is 11.3 Å². The molecule has 1 aromatic rings. The number of rotatable bonds is 7. The molecule has 0 amide bonds. The second-order valence-corrected chi connectivity index (χ2v) is 6.73. The summed E-state index contributed by atoms with van der Waals surface area (Å²) >= 11 is 1.92. The molecule has 1 nitrogen and oxygen atoms in total. The summed E-state index contributed by atoms with van der Waals surface area (Å²) in [6.07, 6.45) is 9.64. The standard InChI is InChI=1S/C16H27NS/c1-3-4-8-13(2)17-16(14-9-5-6-10-14)15-11-7-12-18-15/h7,11-14,16-17H,3-6,8-10H2,1-2H3. The van der Waals surface area contributed by atoms with Crippen LogP contribution in [0.25, 0.3) is 0 Å². The molecule has 1 N–H and O–H groups in total. The lowest BCUT2D eigenvalue weighted by molar-refractivity contribution is 0.329. The van der Waals surface area contributed by atoms with E-state index < -0.39 is 0 Å². The highest BCUT2D eigenvalue weighted by atomic mass is 32.1. The summed E-state index contributed by atoms with van der Waals surface area (Å²) in [6, 6.07) is 5.77. The van der Waals surface area contributed by atoms with Crippen molar-refractivity contribution < 1.29 is 0 Å². The summed E-state index contributed by atoms with van der Waals surface area (Å²) in [5, 5.41) is 6.12. The van der Waals surface area contributed by atoms with Crippen molar-refractivity contribution >= 4 is 11.3 Å². The first-order valence-corrected chi connectivity index (χ1v) is 8.48. The fourth-order valence-electron chi connectivity index (χ4n) is 3.11. The molecule has 2 rings (SSSR count). The van der Waals surface area contributed by atoms with Crippen LogP contribution < -0.4 is 5.32 Å². The Hall–Kier alpha value is -0.340. The lowest BCUT2D eigenvalue weighted by Crippen LogP contribution is -2.33. The Morgan fingerprint density at radius 3 is 2.78 bits per heavy atom. The van der Waals surface area contributed by atoms with Gasteiger partial charge in [0.05, 0.1) is 0 Å². The van der Waals surface area contributed by atoms with E-state index in [2.05, 4.69) is 36.7 Å². The minimum absolute atomic E-state index is 0.611. The Bertz CT molecular complexity index is 314. The van der Waals surface area contributed by atoms with Crippen molar-refractivity contribution in [2.45, 2.75) is 70.9 Å². The normalized spacial score (nSPS) is 20.1. The highest BCUT2D eigenvalue weighted by Gasteiger charge is 2.27. The van der Waals surface area contributed by atoms with E-state index in [1.54, 1.807) is 4.88 Å². The number of hydrogen-bond donors (Lipinski definition) is 1. The Morgan fingerprint density at radius 1 is 1.39 bits per heavy atom. The van der Waals surface area contributed by atoms with Crippen LogP contribution in [0.1, 0.15) is 69.7 Å². The lowest BCUT2D eigenvalue weighted by atomic mass is 9.95. The van der Waals surface area contributed by atoms with Crippen molar-refractivity contribution in [1.82, 2.24) is 5.32 Å². The number of hydrogen-bond acceptors (Lipinski definition) is 2. The molecule has 0 spiro atoms. The van der Waals surface area contributed by atoms with Crippen LogP contribution in [-0.4, -0.2) is 6.04 Å².